The van der Waals surface area contributed by atoms with E-state index >= 15 is 0 Å². The first kappa shape index (κ1) is 12.5. The van der Waals surface area contributed by atoms with E-state index in [9.17, 15) is 0 Å². The maximum absolute atomic E-state index is 2.49. The molecule has 0 amide bonds. The molecule has 0 aliphatic carbocycles. The summed E-state index contributed by atoms with van der Waals surface area (Å²) in [6.07, 6.45) is 4.21. The van der Waals surface area contributed by atoms with E-state index in [1.165, 1.54) is 19.0 Å². The highest BCUT2D eigenvalue weighted by atomic mass is 31.1. The van der Waals surface area contributed by atoms with E-state index in [1.54, 1.807) is 0 Å². The van der Waals surface area contributed by atoms with Crippen molar-refractivity contribution in [2.45, 2.75) is 71.6 Å². The quantitative estimate of drug-likeness (QED) is 0.546. The second-order valence-electron chi connectivity index (χ2n) is 6.89. The molecule has 14 heavy (non-hydrogen) atoms. The topological polar surface area (TPSA) is 0 Å². The second-order valence-corrected chi connectivity index (χ2v) is 10.8. The molecule has 1 rings (SSSR count). The first-order valence-electron chi connectivity index (χ1n) is 5.88. The molecule has 0 spiro atoms. The molecule has 0 aromatic rings. The van der Waals surface area contributed by atoms with E-state index in [2.05, 4.69) is 48.5 Å². The average Bonchev–Trinajstić information content (AvgIpc) is 1.76. The van der Waals surface area contributed by atoms with E-state index in [0.29, 0.717) is 15.7 Å². The van der Waals surface area contributed by atoms with Gasteiger partial charge >= 0.3 is 0 Å². The summed E-state index contributed by atoms with van der Waals surface area (Å²) >= 11 is 0. The highest BCUT2D eigenvalue weighted by molar-refractivity contribution is 7.60. The molecule has 0 nitrogen and oxygen atoms in total. The minimum atomic E-state index is 0.186. The Labute approximate surface area is 91.6 Å². The van der Waals surface area contributed by atoms with E-state index in [0.717, 1.165) is 0 Å². The monoisotopic (exact) mass is 214 g/mol. The van der Waals surface area contributed by atoms with Crippen molar-refractivity contribution in [3.63, 3.8) is 0 Å². The van der Waals surface area contributed by atoms with Crippen LogP contribution in [0.5, 0.6) is 0 Å². The van der Waals surface area contributed by atoms with Crippen molar-refractivity contribution in [2.24, 2.45) is 5.41 Å². The molecule has 0 radical (unpaired) electrons. The van der Waals surface area contributed by atoms with Crippen molar-refractivity contribution in [1.82, 2.24) is 0 Å². The molecule has 0 bridgehead atoms. The predicted octanol–water partition coefficient (Wildman–Crippen LogP) is 4.87. The van der Waals surface area contributed by atoms with Gasteiger partial charge in [0.25, 0.3) is 0 Å². The molecule has 1 aliphatic rings. The Bertz CT molecular complexity index is 193. The number of hydrogen-bond donors (Lipinski definition) is 0. The fraction of sp³-hybridized carbons (Fsp3) is 1.00. The summed E-state index contributed by atoms with van der Waals surface area (Å²) in [7, 11) is 0.186. The number of hydrogen-bond acceptors (Lipinski definition) is 0. The summed E-state index contributed by atoms with van der Waals surface area (Å²) in [5, 5.41) is 1.16. The van der Waals surface area contributed by atoms with Gasteiger partial charge in [-0.2, -0.15) is 0 Å². The summed E-state index contributed by atoms with van der Waals surface area (Å²) in [6.45, 7) is 17.2. The van der Waals surface area contributed by atoms with Crippen LogP contribution in [0.2, 0.25) is 0 Å². The lowest BCUT2D eigenvalue weighted by Gasteiger charge is -2.55. The molecule has 84 valence electrons. The van der Waals surface area contributed by atoms with E-state index in [4.69, 9.17) is 0 Å². The zero-order valence-corrected chi connectivity index (χ0v) is 12.0. The van der Waals surface area contributed by atoms with Gasteiger partial charge in [0.05, 0.1) is 0 Å². The van der Waals surface area contributed by atoms with Gasteiger partial charge in [0, 0.05) is 0 Å². The lowest BCUT2D eigenvalue weighted by molar-refractivity contribution is 0.229. The second kappa shape index (κ2) is 3.48. The van der Waals surface area contributed by atoms with Crippen LogP contribution in [0.3, 0.4) is 0 Å². The molecule has 0 saturated carbocycles. The van der Waals surface area contributed by atoms with Crippen molar-refractivity contribution in [3.05, 3.63) is 0 Å². The minimum absolute atomic E-state index is 0.186. The Balaban J connectivity index is 2.99. The molecule has 1 saturated heterocycles. The lowest BCUT2D eigenvalue weighted by atomic mass is 9.76. The van der Waals surface area contributed by atoms with Crippen LogP contribution in [-0.2, 0) is 0 Å². The van der Waals surface area contributed by atoms with Gasteiger partial charge < -0.3 is 0 Å². The van der Waals surface area contributed by atoms with Crippen molar-refractivity contribution in [1.29, 1.82) is 0 Å². The van der Waals surface area contributed by atoms with Gasteiger partial charge in [-0.05, 0) is 34.7 Å². The Kier molecular flexibility index (Phi) is 3.10. The zero-order valence-electron chi connectivity index (χ0n) is 11.1. The molecule has 1 aliphatic heterocycles. The van der Waals surface area contributed by atoms with Crippen LogP contribution in [0.1, 0.15) is 61.3 Å². The van der Waals surface area contributed by atoms with Crippen LogP contribution >= 0.6 is 7.92 Å². The molecule has 0 unspecified atom stereocenters. The number of rotatable bonds is 1. The van der Waals surface area contributed by atoms with Crippen molar-refractivity contribution in [3.8, 4) is 0 Å². The molecule has 0 N–H and O–H groups in total. The lowest BCUT2D eigenvalue weighted by Crippen LogP contribution is -2.43. The summed E-state index contributed by atoms with van der Waals surface area (Å²) in [5.41, 5.74) is 0.543. The van der Waals surface area contributed by atoms with Gasteiger partial charge in [0.15, 0.2) is 0 Å². The maximum atomic E-state index is 2.49. The molecule has 0 aromatic carbocycles. The summed E-state index contributed by atoms with van der Waals surface area (Å²) < 4.78 is 0. The van der Waals surface area contributed by atoms with Gasteiger partial charge in [0.1, 0.15) is 0 Å². The smallest absolute Gasteiger partial charge is 0.0141 e. The van der Waals surface area contributed by atoms with Gasteiger partial charge in [0.2, 0.25) is 0 Å². The van der Waals surface area contributed by atoms with Crippen LogP contribution < -0.4 is 0 Å². The van der Waals surface area contributed by atoms with Gasteiger partial charge in [-0.25, -0.2) is 0 Å². The van der Waals surface area contributed by atoms with Crippen LogP contribution in [0.25, 0.3) is 0 Å². The Morgan fingerprint density at radius 2 is 1.21 bits per heavy atom. The van der Waals surface area contributed by atoms with Crippen LogP contribution in [0, 0.1) is 5.41 Å². The standard InChI is InChI=1S/C13H27P/c1-8-14-12(4,5)9-11(2,3)10-13(14,6)7/h8-10H2,1-7H3. The summed E-state index contributed by atoms with van der Waals surface area (Å²) in [4.78, 5) is 0. The molecular weight excluding hydrogens is 187 g/mol. The van der Waals surface area contributed by atoms with Gasteiger partial charge in [-0.15, -0.1) is 0 Å². The van der Waals surface area contributed by atoms with E-state index in [-0.39, 0.29) is 7.92 Å². The predicted molar refractivity (Wildman–Crippen MR) is 68.6 cm³/mol. The summed E-state index contributed by atoms with van der Waals surface area (Å²) in [5.74, 6) is 0. The van der Waals surface area contributed by atoms with Gasteiger partial charge in [-0.1, -0.05) is 56.4 Å². The van der Waals surface area contributed by atoms with Crippen molar-refractivity contribution in [2.75, 3.05) is 6.16 Å². The first-order chi connectivity index (χ1) is 6.11. The van der Waals surface area contributed by atoms with Crippen molar-refractivity contribution >= 4 is 7.92 Å². The van der Waals surface area contributed by atoms with Crippen LogP contribution in [0.15, 0.2) is 0 Å². The molecule has 0 atom stereocenters. The zero-order chi connectivity index (χ0) is 11.2. The molecular formula is C13H27P. The molecule has 1 heteroatoms. The highest BCUT2D eigenvalue weighted by Crippen LogP contribution is 2.68. The third-order valence-electron chi connectivity index (χ3n) is 3.60. The third-order valence-corrected chi connectivity index (χ3v) is 7.47. The van der Waals surface area contributed by atoms with Gasteiger partial charge in [-0.3, -0.25) is 0 Å². The van der Waals surface area contributed by atoms with Crippen LogP contribution in [0.4, 0.5) is 0 Å². The average molecular weight is 214 g/mol. The normalized spacial score (nSPS) is 30.2. The van der Waals surface area contributed by atoms with E-state index < -0.39 is 0 Å². The first-order valence-corrected chi connectivity index (χ1v) is 7.41. The highest BCUT2D eigenvalue weighted by Gasteiger charge is 2.48. The van der Waals surface area contributed by atoms with E-state index in [1.807, 2.05) is 0 Å². The summed E-state index contributed by atoms with van der Waals surface area (Å²) in [6, 6.07) is 0. The molecule has 1 heterocycles. The minimum Gasteiger partial charge on any atom is -0.0953 e. The Hall–Kier alpha value is 0.430. The Morgan fingerprint density at radius 1 is 0.857 bits per heavy atom. The Morgan fingerprint density at radius 3 is 1.50 bits per heavy atom. The SMILES string of the molecule is CCP1C(C)(C)CC(C)(C)CC1(C)C. The third kappa shape index (κ3) is 2.32. The maximum Gasteiger partial charge on any atom is -0.0141 e. The fourth-order valence-electron chi connectivity index (χ4n) is 4.27. The molecule has 0 aromatic heterocycles. The van der Waals surface area contributed by atoms with Crippen molar-refractivity contribution < 1.29 is 0 Å². The van der Waals surface area contributed by atoms with Crippen LogP contribution in [-0.4, -0.2) is 16.5 Å². The largest absolute Gasteiger partial charge is 0.0953 e. The molecule has 1 fully saturated rings. The fourth-order valence-corrected chi connectivity index (χ4v) is 8.86.